The number of amides is 1. The first kappa shape index (κ1) is 19.6. The van der Waals surface area contributed by atoms with E-state index in [2.05, 4.69) is 25.6 Å². The van der Waals surface area contributed by atoms with Crippen LogP contribution in [0.15, 0.2) is 66.3 Å². The Morgan fingerprint density at radius 2 is 1.77 bits per heavy atom. The number of hydrogen-bond acceptors (Lipinski definition) is 5. The lowest BCUT2D eigenvalue weighted by molar-refractivity contribution is 0.0931. The highest BCUT2D eigenvalue weighted by molar-refractivity contribution is 7.17. The lowest BCUT2D eigenvalue weighted by Crippen LogP contribution is -2.45. The Bertz CT molecular complexity index is 1200. The van der Waals surface area contributed by atoms with Crippen LogP contribution in [-0.2, 0) is 0 Å². The van der Waals surface area contributed by atoms with Crippen molar-refractivity contribution in [2.75, 3.05) is 18.0 Å². The number of rotatable bonds is 4. The van der Waals surface area contributed by atoms with Crippen LogP contribution in [0, 0.1) is 5.82 Å². The van der Waals surface area contributed by atoms with Crippen molar-refractivity contribution in [1.82, 2.24) is 15.3 Å². The van der Waals surface area contributed by atoms with Gasteiger partial charge in [-0.3, -0.25) is 4.79 Å². The van der Waals surface area contributed by atoms with Gasteiger partial charge in [0.15, 0.2) is 0 Å². The molecule has 7 heteroatoms. The molecule has 31 heavy (non-hydrogen) atoms. The van der Waals surface area contributed by atoms with Crippen molar-refractivity contribution < 1.29 is 9.18 Å². The molecule has 1 amide bonds. The van der Waals surface area contributed by atoms with Gasteiger partial charge in [0.2, 0.25) is 0 Å². The van der Waals surface area contributed by atoms with Gasteiger partial charge in [0.05, 0.1) is 5.39 Å². The summed E-state index contributed by atoms with van der Waals surface area (Å²) in [6.07, 6.45) is 3.30. The molecule has 0 saturated carbocycles. The summed E-state index contributed by atoms with van der Waals surface area (Å²) in [5, 5.41) is 6.21. The Kier molecular flexibility index (Phi) is 5.34. The number of nitrogens with one attached hydrogen (secondary N) is 1. The molecule has 0 radical (unpaired) electrons. The van der Waals surface area contributed by atoms with E-state index in [9.17, 15) is 9.18 Å². The van der Waals surface area contributed by atoms with Gasteiger partial charge in [-0.25, -0.2) is 14.4 Å². The smallest absolute Gasteiger partial charge is 0.251 e. The van der Waals surface area contributed by atoms with Crippen molar-refractivity contribution >= 4 is 33.3 Å². The van der Waals surface area contributed by atoms with Crippen LogP contribution in [0.4, 0.5) is 10.2 Å². The van der Waals surface area contributed by atoms with Crippen LogP contribution in [0.5, 0.6) is 0 Å². The van der Waals surface area contributed by atoms with Gasteiger partial charge in [-0.1, -0.05) is 30.3 Å². The minimum Gasteiger partial charge on any atom is -0.356 e. The monoisotopic (exact) mass is 432 g/mol. The van der Waals surface area contributed by atoms with Gasteiger partial charge in [0, 0.05) is 35.6 Å². The molecule has 4 aromatic rings. The highest BCUT2D eigenvalue weighted by Crippen LogP contribution is 2.38. The number of anilines is 1. The maximum atomic E-state index is 13.4. The fourth-order valence-corrected chi connectivity index (χ4v) is 4.95. The molecule has 0 aliphatic carbocycles. The summed E-state index contributed by atoms with van der Waals surface area (Å²) in [6.45, 7) is 1.59. The van der Waals surface area contributed by atoms with E-state index in [1.807, 2.05) is 30.3 Å². The molecular formula is C24H21FN4OS. The maximum Gasteiger partial charge on any atom is 0.251 e. The number of piperidine rings is 1. The molecule has 1 saturated heterocycles. The first-order chi connectivity index (χ1) is 15.2. The van der Waals surface area contributed by atoms with Crippen LogP contribution >= 0.6 is 11.3 Å². The van der Waals surface area contributed by atoms with Crippen LogP contribution < -0.4 is 10.2 Å². The number of hydrogen-bond donors (Lipinski definition) is 1. The normalized spacial score (nSPS) is 14.7. The van der Waals surface area contributed by atoms with E-state index in [0.717, 1.165) is 53.1 Å². The summed E-state index contributed by atoms with van der Waals surface area (Å²) in [6, 6.07) is 16.0. The molecule has 5 rings (SSSR count). The van der Waals surface area contributed by atoms with Gasteiger partial charge in [0.25, 0.3) is 5.91 Å². The third kappa shape index (κ3) is 4.01. The summed E-state index contributed by atoms with van der Waals surface area (Å²) in [5.74, 6) is 0.623. The van der Waals surface area contributed by atoms with Crippen molar-refractivity contribution in [3.05, 3.63) is 77.7 Å². The fraction of sp³-hybridized carbons (Fsp3) is 0.208. The largest absolute Gasteiger partial charge is 0.356 e. The summed E-state index contributed by atoms with van der Waals surface area (Å²) in [4.78, 5) is 24.7. The zero-order valence-electron chi connectivity index (χ0n) is 16.8. The number of fused-ring (bicyclic) bond motifs is 1. The third-order valence-corrected chi connectivity index (χ3v) is 6.56. The van der Waals surface area contributed by atoms with Gasteiger partial charge < -0.3 is 10.2 Å². The molecule has 0 bridgehead atoms. The number of nitrogens with zero attached hydrogens (tertiary/aromatic N) is 3. The summed E-state index contributed by atoms with van der Waals surface area (Å²) in [5.41, 5.74) is 2.66. The number of carbonyl (C=O) groups excluding carboxylic acids is 1. The van der Waals surface area contributed by atoms with Gasteiger partial charge in [-0.05, 0) is 42.7 Å². The first-order valence-corrected chi connectivity index (χ1v) is 11.2. The Labute approximate surface area is 183 Å². The van der Waals surface area contributed by atoms with E-state index < -0.39 is 0 Å². The SMILES string of the molecule is O=C(NC1CCN(c2ncnc3scc(-c4ccc(F)cc4)c23)CC1)c1ccccc1. The van der Waals surface area contributed by atoms with E-state index in [-0.39, 0.29) is 17.8 Å². The van der Waals surface area contributed by atoms with E-state index in [1.165, 1.54) is 12.1 Å². The Balaban J connectivity index is 1.35. The standard InChI is InChI=1S/C24H21FN4OS/c25-18-8-6-16(7-9-18)20-14-31-24-21(20)22(26-15-27-24)29-12-10-19(11-13-29)28-23(30)17-4-2-1-3-5-17/h1-9,14-15,19H,10-13H2,(H,28,30). The molecule has 2 aromatic carbocycles. The van der Waals surface area contributed by atoms with Crippen molar-refractivity contribution in [1.29, 1.82) is 0 Å². The molecule has 0 atom stereocenters. The summed E-state index contributed by atoms with van der Waals surface area (Å²) < 4.78 is 13.4. The zero-order valence-corrected chi connectivity index (χ0v) is 17.6. The number of aromatic nitrogens is 2. The molecular weight excluding hydrogens is 411 g/mol. The predicted molar refractivity (Wildman–Crippen MR) is 122 cm³/mol. The molecule has 1 aliphatic rings. The van der Waals surface area contributed by atoms with Gasteiger partial charge >= 0.3 is 0 Å². The molecule has 1 aliphatic heterocycles. The first-order valence-electron chi connectivity index (χ1n) is 10.3. The number of thiophene rings is 1. The maximum absolute atomic E-state index is 13.4. The Morgan fingerprint density at radius 1 is 1.03 bits per heavy atom. The second-order valence-electron chi connectivity index (χ2n) is 7.63. The van der Waals surface area contributed by atoms with E-state index in [0.29, 0.717) is 5.56 Å². The molecule has 2 aromatic heterocycles. The zero-order chi connectivity index (χ0) is 21.2. The molecule has 1 fully saturated rings. The molecule has 5 nitrogen and oxygen atoms in total. The van der Waals surface area contributed by atoms with Crippen LogP contribution in [-0.4, -0.2) is 35.0 Å². The van der Waals surface area contributed by atoms with Crippen molar-refractivity contribution in [3.8, 4) is 11.1 Å². The average molecular weight is 433 g/mol. The number of halogens is 1. The second kappa shape index (κ2) is 8.43. The van der Waals surface area contributed by atoms with E-state index >= 15 is 0 Å². The third-order valence-electron chi connectivity index (χ3n) is 5.67. The summed E-state index contributed by atoms with van der Waals surface area (Å²) >= 11 is 1.57. The van der Waals surface area contributed by atoms with Gasteiger partial charge in [-0.2, -0.15) is 0 Å². The Hall–Kier alpha value is -3.32. The topological polar surface area (TPSA) is 58.1 Å². The van der Waals surface area contributed by atoms with Crippen LogP contribution in [0.1, 0.15) is 23.2 Å². The average Bonchev–Trinajstić information content (AvgIpc) is 3.25. The van der Waals surface area contributed by atoms with E-state index in [1.54, 1.807) is 29.8 Å². The van der Waals surface area contributed by atoms with Gasteiger partial charge in [0.1, 0.15) is 22.8 Å². The van der Waals surface area contributed by atoms with Crippen LogP contribution in [0.25, 0.3) is 21.3 Å². The minimum absolute atomic E-state index is 0.0279. The quantitative estimate of drug-likeness (QED) is 0.499. The van der Waals surface area contributed by atoms with Crippen LogP contribution in [0.2, 0.25) is 0 Å². The molecule has 3 heterocycles. The van der Waals surface area contributed by atoms with Gasteiger partial charge in [-0.15, -0.1) is 11.3 Å². The molecule has 156 valence electrons. The highest BCUT2D eigenvalue weighted by Gasteiger charge is 2.24. The lowest BCUT2D eigenvalue weighted by Gasteiger charge is -2.33. The molecule has 0 unspecified atom stereocenters. The molecule has 1 N–H and O–H groups in total. The van der Waals surface area contributed by atoms with Crippen molar-refractivity contribution in [3.63, 3.8) is 0 Å². The minimum atomic E-state index is -0.251. The van der Waals surface area contributed by atoms with Crippen LogP contribution in [0.3, 0.4) is 0 Å². The predicted octanol–water partition coefficient (Wildman–Crippen LogP) is 4.90. The number of benzene rings is 2. The van der Waals surface area contributed by atoms with E-state index in [4.69, 9.17) is 0 Å². The highest BCUT2D eigenvalue weighted by atomic mass is 32.1. The van der Waals surface area contributed by atoms with Crippen molar-refractivity contribution in [2.45, 2.75) is 18.9 Å². The number of carbonyl (C=O) groups is 1. The lowest BCUT2D eigenvalue weighted by atomic mass is 10.0. The Morgan fingerprint density at radius 3 is 2.52 bits per heavy atom. The van der Waals surface area contributed by atoms with Crippen molar-refractivity contribution in [2.24, 2.45) is 0 Å². The molecule has 0 spiro atoms. The summed E-state index contributed by atoms with van der Waals surface area (Å²) in [7, 11) is 0. The fourth-order valence-electron chi connectivity index (χ4n) is 4.03. The second-order valence-corrected chi connectivity index (χ2v) is 8.49.